The van der Waals surface area contributed by atoms with Gasteiger partial charge in [-0.25, -0.2) is 9.78 Å². The number of hydrogen-bond donors (Lipinski definition) is 0. The predicted octanol–water partition coefficient (Wildman–Crippen LogP) is 4.41. The van der Waals surface area contributed by atoms with Gasteiger partial charge in [-0.2, -0.15) is 0 Å². The molecule has 0 unspecified atom stereocenters. The largest absolute Gasteiger partial charge is 0.465 e. The Hall–Kier alpha value is -2.33. The lowest BCUT2D eigenvalue weighted by molar-refractivity contribution is 0.0603. The minimum atomic E-state index is -0.347. The van der Waals surface area contributed by atoms with E-state index in [0.29, 0.717) is 5.56 Å². The number of para-hydroxylation sites is 1. The lowest BCUT2D eigenvalue weighted by Gasteiger charge is -2.09. The van der Waals surface area contributed by atoms with Crippen LogP contribution in [0.2, 0.25) is 0 Å². The van der Waals surface area contributed by atoms with E-state index >= 15 is 0 Å². The van der Waals surface area contributed by atoms with Crippen LogP contribution in [0.25, 0.3) is 22.2 Å². The van der Waals surface area contributed by atoms with Crippen LogP contribution in [-0.4, -0.2) is 24.3 Å². The fraction of sp³-hybridized carbons (Fsp3) is 0.111. The number of rotatable bonds is 3. The Morgan fingerprint density at radius 1 is 1.09 bits per heavy atom. The van der Waals surface area contributed by atoms with Gasteiger partial charge in [-0.15, -0.1) is 11.8 Å². The van der Waals surface area contributed by atoms with Crippen LogP contribution in [-0.2, 0) is 4.74 Å². The van der Waals surface area contributed by atoms with Gasteiger partial charge in [0.15, 0.2) is 0 Å². The molecule has 0 N–H and O–H groups in total. The van der Waals surface area contributed by atoms with Crippen LogP contribution >= 0.6 is 11.8 Å². The normalized spacial score (nSPS) is 10.6. The topological polar surface area (TPSA) is 39.2 Å². The van der Waals surface area contributed by atoms with Crippen molar-refractivity contribution in [2.45, 2.75) is 4.90 Å². The second-order valence-corrected chi connectivity index (χ2v) is 5.67. The third kappa shape index (κ3) is 2.70. The summed E-state index contributed by atoms with van der Waals surface area (Å²) in [5.74, 6) is -0.347. The quantitative estimate of drug-likeness (QED) is 0.530. The monoisotopic (exact) mass is 309 g/mol. The lowest BCUT2D eigenvalue weighted by atomic mass is 10.0. The maximum Gasteiger partial charge on any atom is 0.338 e. The highest BCUT2D eigenvalue weighted by Gasteiger charge is 2.13. The van der Waals surface area contributed by atoms with Gasteiger partial charge in [-0.05, 0) is 30.5 Å². The van der Waals surface area contributed by atoms with Crippen molar-refractivity contribution in [3.05, 3.63) is 60.2 Å². The fourth-order valence-corrected chi connectivity index (χ4v) is 2.77. The lowest BCUT2D eigenvalue weighted by Crippen LogP contribution is -2.03. The zero-order chi connectivity index (χ0) is 15.5. The highest BCUT2D eigenvalue weighted by atomic mass is 32.2. The van der Waals surface area contributed by atoms with E-state index in [-0.39, 0.29) is 5.97 Å². The summed E-state index contributed by atoms with van der Waals surface area (Å²) < 4.78 is 4.90. The van der Waals surface area contributed by atoms with Gasteiger partial charge in [-0.1, -0.05) is 30.3 Å². The number of pyridine rings is 1. The molecule has 0 spiro atoms. The minimum absolute atomic E-state index is 0.347. The molecule has 3 nitrogen and oxygen atoms in total. The van der Waals surface area contributed by atoms with Gasteiger partial charge in [0.25, 0.3) is 0 Å². The average molecular weight is 309 g/mol. The average Bonchev–Trinajstić information content (AvgIpc) is 2.60. The number of thioether (sulfide) groups is 1. The molecule has 2 aromatic carbocycles. The first-order valence-electron chi connectivity index (χ1n) is 6.85. The summed E-state index contributed by atoms with van der Waals surface area (Å²) in [6.45, 7) is 0. The number of ether oxygens (including phenoxy) is 1. The Labute approximate surface area is 133 Å². The Kier molecular flexibility index (Phi) is 4.11. The van der Waals surface area contributed by atoms with E-state index in [1.54, 1.807) is 17.8 Å². The molecular formula is C18H15NO2S. The zero-order valence-corrected chi connectivity index (χ0v) is 13.2. The third-order valence-corrected chi connectivity index (χ3v) is 4.25. The van der Waals surface area contributed by atoms with Gasteiger partial charge in [0.2, 0.25) is 0 Å². The second-order valence-electron chi connectivity index (χ2n) is 4.79. The molecule has 1 aromatic heterocycles. The first-order chi connectivity index (χ1) is 10.7. The molecule has 0 bridgehead atoms. The molecule has 0 saturated carbocycles. The van der Waals surface area contributed by atoms with E-state index < -0.39 is 0 Å². The molecule has 3 rings (SSSR count). The molecule has 0 radical (unpaired) electrons. The maximum absolute atomic E-state index is 12.1. The molecular weight excluding hydrogens is 294 g/mol. The van der Waals surface area contributed by atoms with Crippen LogP contribution in [0.4, 0.5) is 0 Å². The van der Waals surface area contributed by atoms with Crippen molar-refractivity contribution in [1.82, 2.24) is 4.98 Å². The number of benzene rings is 2. The number of fused-ring (bicyclic) bond motifs is 1. The number of aromatic nitrogens is 1. The number of carbonyl (C=O) groups excluding carboxylic acids is 1. The van der Waals surface area contributed by atoms with Gasteiger partial charge in [-0.3, -0.25) is 0 Å². The van der Waals surface area contributed by atoms with Gasteiger partial charge in [0.1, 0.15) is 0 Å². The van der Waals surface area contributed by atoms with Crippen LogP contribution in [0.15, 0.2) is 59.5 Å². The first kappa shape index (κ1) is 14.6. The zero-order valence-electron chi connectivity index (χ0n) is 12.4. The summed E-state index contributed by atoms with van der Waals surface area (Å²) in [6, 6.07) is 17.5. The molecule has 0 saturated heterocycles. The molecule has 3 aromatic rings. The van der Waals surface area contributed by atoms with E-state index in [2.05, 4.69) is 17.1 Å². The van der Waals surface area contributed by atoms with Gasteiger partial charge < -0.3 is 4.74 Å². The standard InChI is InChI=1S/C18H15NO2S/c1-21-18(20)15-11-17(12-7-9-13(22-2)10-8-12)19-16-6-4-3-5-14(15)16/h3-11H,1-2H3. The maximum atomic E-state index is 12.1. The van der Waals surface area contributed by atoms with Crippen LogP contribution < -0.4 is 0 Å². The minimum Gasteiger partial charge on any atom is -0.465 e. The SMILES string of the molecule is COC(=O)c1cc(-c2ccc(SC)cc2)nc2ccccc12. The number of methoxy groups -OCH3 is 1. The van der Waals surface area contributed by atoms with E-state index in [9.17, 15) is 4.79 Å². The van der Waals surface area contributed by atoms with Crippen LogP contribution in [0.1, 0.15) is 10.4 Å². The number of hydrogen-bond acceptors (Lipinski definition) is 4. The van der Waals surface area contributed by atoms with Crippen molar-refractivity contribution < 1.29 is 9.53 Å². The fourth-order valence-electron chi connectivity index (χ4n) is 2.36. The van der Waals surface area contributed by atoms with Crippen molar-refractivity contribution in [2.24, 2.45) is 0 Å². The molecule has 0 fully saturated rings. The Morgan fingerprint density at radius 2 is 1.82 bits per heavy atom. The summed E-state index contributed by atoms with van der Waals surface area (Å²) in [5.41, 5.74) is 3.08. The van der Waals surface area contributed by atoms with Crippen LogP contribution in [0, 0.1) is 0 Å². The number of nitrogens with zero attached hydrogens (tertiary/aromatic N) is 1. The van der Waals surface area contributed by atoms with Gasteiger partial charge >= 0.3 is 5.97 Å². The Morgan fingerprint density at radius 3 is 2.50 bits per heavy atom. The van der Waals surface area contributed by atoms with E-state index in [1.807, 2.05) is 42.7 Å². The number of esters is 1. The summed E-state index contributed by atoms with van der Waals surface area (Å²) >= 11 is 1.69. The smallest absolute Gasteiger partial charge is 0.338 e. The van der Waals surface area contributed by atoms with Crippen molar-refractivity contribution in [3.8, 4) is 11.3 Å². The van der Waals surface area contributed by atoms with Crippen LogP contribution in [0.3, 0.4) is 0 Å². The molecule has 0 amide bonds. The molecule has 22 heavy (non-hydrogen) atoms. The highest BCUT2D eigenvalue weighted by molar-refractivity contribution is 7.98. The molecule has 0 aliphatic rings. The Balaban J connectivity index is 2.19. The second kappa shape index (κ2) is 6.20. The third-order valence-electron chi connectivity index (χ3n) is 3.51. The van der Waals surface area contributed by atoms with Crippen molar-refractivity contribution in [3.63, 3.8) is 0 Å². The summed E-state index contributed by atoms with van der Waals surface area (Å²) in [6.07, 6.45) is 2.04. The molecule has 0 aliphatic heterocycles. The van der Waals surface area contributed by atoms with E-state index in [4.69, 9.17) is 4.74 Å². The molecule has 1 heterocycles. The summed E-state index contributed by atoms with van der Waals surface area (Å²) in [5, 5.41) is 0.804. The first-order valence-corrected chi connectivity index (χ1v) is 8.08. The van der Waals surface area contributed by atoms with E-state index in [1.165, 1.54) is 12.0 Å². The Bertz CT molecular complexity index is 828. The molecule has 4 heteroatoms. The van der Waals surface area contributed by atoms with Crippen molar-refractivity contribution >= 4 is 28.6 Å². The predicted molar refractivity (Wildman–Crippen MR) is 90.3 cm³/mol. The van der Waals surface area contributed by atoms with Gasteiger partial charge in [0, 0.05) is 15.8 Å². The molecule has 0 atom stereocenters. The van der Waals surface area contributed by atoms with E-state index in [0.717, 1.165) is 22.2 Å². The number of carbonyl (C=O) groups is 1. The van der Waals surface area contributed by atoms with Crippen LogP contribution in [0.5, 0.6) is 0 Å². The summed E-state index contributed by atoms with van der Waals surface area (Å²) in [7, 11) is 1.39. The van der Waals surface area contributed by atoms with Crippen molar-refractivity contribution in [1.29, 1.82) is 0 Å². The highest BCUT2D eigenvalue weighted by Crippen LogP contribution is 2.26. The summed E-state index contributed by atoms with van der Waals surface area (Å²) in [4.78, 5) is 17.9. The molecule has 0 aliphatic carbocycles. The molecule has 110 valence electrons. The van der Waals surface area contributed by atoms with Crippen molar-refractivity contribution in [2.75, 3.05) is 13.4 Å². The van der Waals surface area contributed by atoms with Gasteiger partial charge in [0.05, 0.1) is 23.9 Å².